The Hall–Kier alpha value is -1.96. The Morgan fingerprint density at radius 1 is 1.53 bits per heavy atom. The Morgan fingerprint density at radius 3 is 2.88 bits per heavy atom. The minimum absolute atomic E-state index is 0.0942. The molecule has 2 amide bonds. The van der Waals surface area contributed by atoms with Crippen molar-refractivity contribution in [1.29, 1.82) is 0 Å². The number of hydrogen-bond donors (Lipinski definition) is 3. The molecule has 1 aromatic heterocycles. The quantitative estimate of drug-likeness (QED) is 0.506. The highest BCUT2D eigenvalue weighted by Crippen LogP contribution is 1.92. The summed E-state index contributed by atoms with van der Waals surface area (Å²) >= 11 is 0. The van der Waals surface area contributed by atoms with E-state index in [0.29, 0.717) is 12.2 Å². The topological polar surface area (TPSA) is 123 Å². The van der Waals surface area contributed by atoms with Gasteiger partial charge in [0.15, 0.2) is 0 Å². The van der Waals surface area contributed by atoms with E-state index in [-0.39, 0.29) is 31.5 Å². The van der Waals surface area contributed by atoms with Crippen molar-refractivity contribution in [3.05, 3.63) is 11.6 Å². The van der Waals surface area contributed by atoms with Gasteiger partial charge in [-0.05, 0) is 0 Å². The molecule has 0 saturated carbocycles. The Morgan fingerprint density at radius 2 is 2.29 bits per heavy atom. The molecule has 1 heterocycles. The first-order valence-electron chi connectivity index (χ1n) is 5.19. The number of aryl methyl sites for hydroxylation is 1. The molecule has 0 aliphatic heterocycles. The van der Waals surface area contributed by atoms with Crippen LogP contribution in [0.25, 0.3) is 0 Å². The fourth-order valence-electron chi connectivity index (χ4n) is 1.04. The molecule has 0 radical (unpaired) electrons. The third kappa shape index (κ3) is 4.60. The van der Waals surface area contributed by atoms with Crippen molar-refractivity contribution in [3.63, 3.8) is 0 Å². The van der Waals surface area contributed by atoms with Gasteiger partial charge in [0.1, 0.15) is 12.4 Å². The van der Waals surface area contributed by atoms with E-state index < -0.39 is 5.91 Å². The van der Waals surface area contributed by atoms with E-state index in [9.17, 15) is 9.59 Å². The molecule has 94 valence electrons. The predicted octanol–water partition coefficient (Wildman–Crippen LogP) is -1.40. The number of ether oxygens (including phenoxy) is 1. The molecular formula is C9H15N5O3. The molecule has 8 nitrogen and oxygen atoms in total. The Balaban J connectivity index is 2.23. The summed E-state index contributed by atoms with van der Waals surface area (Å²) in [5.41, 5.74) is 4.87. The zero-order valence-electron chi connectivity index (χ0n) is 9.52. The van der Waals surface area contributed by atoms with Gasteiger partial charge in [-0.2, -0.15) is 0 Å². The molecule has 0 atom stereocenters. The van der Waals surface area contributed by atoms with Gasteiger partial charge in [0.05, 0.1) is 6.61 Å². The largest absolute Gasteiger partial charge is 0.370 e. The highest BCUT2D eigenvalue weighted by Gasteiger charge is 2.10. The Labute approximate surface area is 97.9 Å². The van der Waals surface area contributed by atoms with Gasteiger partial charge in [0, 0.05) is 13.0 Å². The third-order valence-corrected chi connectivity index (χ3v) is 1.85. The first-order valence-corrected chi connectivity index (χ1v) is 5.19. The third-order valence-electron chi connectivity index (χ3n) is 1.85. The number of hydrogen-bond acceptors (Lipinski definition) is 5. The second kappa shape index (κ2) is 6.59. The lowest BCUT2D eigenvalue weighted by Crippen LogP contribution is -2.29. The van der Waals surface area contributed by atoms with Crippen LogP contribution in [-0.4, -0.2) is 46.8 Å². The van der Waals surface area contributed by atoms with Gasteiger partial charge < -0.3 is 15.8 Å². The molecule has 0 aromatic carbocycles. The SMILES string of the molecule is CCc1nc(C(=O)NCCOCC(N)=O)n[nH]1. The van der Waals surface area contributed by atoms with Crippen LogP contribution in [0.1, 0.15) is 23.4 Å². The van der Waals surface area contributed by atoms with E-state index in [2.05, 4.69) is 20.5 Å². The minimum atomic E-state index is -0.544. The summed E-state index contributed by atoms with van der Waals surface area (Å²) in [6, 6.07) is 0. The number of H-pyrrole nitrogens is 1. The van der Waals surface area contributed by atoms with Crippen molar-refractivity contribution in [3.8, 4) is 0 Å². The zero-order chi connectivity index (χ0) is 12.7. The van der Waals surface area contributed by atoms with Crippen LogP contribution in [0.3, 0.4) is 0 Å². The first-order chi connectivity index (χ1) is 8.13. The van der Waals surface area contributed by atoms with Gasteiger partial charge in [0.25, 0.3) is 5.91 Å². The maximum Gasteiger partial charge on any atom is 0.291 e. The molecule has 0 saturated heterocycles. The van der Waals surface area contributed by atoms with Gasteiger partial charge in [0.2, 0.25) is 11.7 Å². The number of rotatable bonds is 7. The molecule has 8 heteroatoms. The van der Waals surface area contributed by atoms with Crippen LogP contribution < -0.4 is 11.1 Å². The lowest BCUT2D eigenvalue weighted by atomic mass is 10.4. The van der Waals surface area contributed by atoms with Gasteiger partial charge in [-0.25, -0.2) is 4.98 Å². The van der Waals surface area contributed by atoms with Crippen LogP contribution in [0.5, 0.6) is 0 Å². The molecule has 0 spiro atoms. The number of carbonyl (C=O) groups excluding carboxylic acids is 2. The number of primary amides is 1. The number of nitrogens with one attached hydrogen (secondary N) is 2. The average molecular weight is 241 g/mol. The van der Waals surface area contributed by atoms with Gasteiger partial charge in [-0.3, -0.25) is 14.7 Å². The van der Waals surface area contributed by atoms with Crippen molar-refractivity contribution in [2.24, 2.45) is 5.73 Å². The second-order valence-corrected chi connectivity index (χ2v) is 3.23. The van der Waals surface area contributed by atoms with E-state index in [4.69, 9.17) is 10.5 Å². The Kier molecular flexibility index (Phi) is 5.08. The number of aromatic amines is 1. The number of amides is 2. The Bertz CT molecular complexity index is 390. The number of nitrogens with zero attached hydrogens (tertiary/aromatic N) is 2. The van der Waals surface area contributed by atoms with Gasteiger partial charge >= 0.3 is 0 Å². The predicted molar refractivity (Wildman–Crippen MR) is 58.1 cm³/mol. The number of aromatic nitrogens is 3. The molecule has 17 heavy (non-hydrogen) atoms. The molecule has 0 unspecified atom stereocenters. The lowest BCUT2D eigenvalue weighted by molar-refractivity contribution is -0.122. The minimum Gasteiger partial charge on any atom is -0.370 e. The summed E-state index contributed by atoms with van der Waals surface area (Å²) < 4.78 is 4.87. The van der Waals surface area contributed by atoms with E-state index >= 15 is 0 Å². The van der Waals surface area contributed by atoms with Crippen LogP contribution in [0, 0.1) is 0 Å². The maximum absolute atomic E-state index is 11.5. The monoisotopic (exact) mass is 241 g/mol. The fourth-order valence-corrected chi connectivity index (χ4v) is 1.04. The molecule has 1 rings (SSSR count). The highest BCUT2D eigenvalue weighted by atomic mass is 16.5. The van der Waals surface area contributed by atoms with Crippen molar-refractivity contribution < 1.29 is 14.3 Å². The molecule has 1 aromatic rings. The van der Waals surface area contributed by atoms with Crippen LogP contribution >= 0.6 is 0 Å². The summed E-state index contributed by atoms with van der Waals surface area (Å²) in [7, 11) is 0. The van der Waals surface area contributed by atoms with Crippen LogP contribution in [0.15, 0.2) is 0 Å². The maximum atomic E-state index is 11.5. The molecule has 0 aliphatic rings. The highest BCUT2D eigenvalue weighted by molar-refractivity contribution is 5.90. The van der Waals surface area contributed by atoms with E-state index in [1.165, 1.54) is 0 Å². The van der Waals surface area contributed by atoms with E-state index in [0.717, 1.165) is 0 Å². The van der Waals surface area contributed by atoms with Crippen molar-refractivity contribution in [2.75, 3.05) is 19.8 Å². The molecule has 0 aliphatic carbocycles. The van der Waals surface area contributed by atoms with Crippen molar-refractivity contribution >= 4 is 11.8 Å². The first kappa shape index (κ1) is 13.1. The molecular weight excluding hydrogens is 226 g/mol. The van der Waals surface area contributed by atoms with Crippen molar-refractivity contribution in [2.45, 2.75) is 13.3 Å². The lowest BCUT2D eigenvalue weighted by Gasteiger charge is -2.02. The summed E-state index contributed by atoms with van der Waals surface area (Å²) in [6.07, 6.45) is 0.683. The van der Waals surface area contributed by atoms with E-state index in [1.54, 1.807) is 0 Å². The summed E-state index contributed by atoms with van der Waals surface area (Å²) in [4.78, 5) is 25.8. The number of carbonyl (C=O) groups is 2. The summed E-state index contributed by atoms with van der Waals surface area (Å²) in [5, 5.41) is 8.94. The van der Waals surface area contributed by atoms with Crippen LogP contribution in [0.4, 0.5) is 0 Å². The smallest absolute Gasteiger partial charge is 0.291 e. The molecule has 0 bridgehead atoms. The van der Waals surface area contributed by atoms with Gasteiger partial charge in [-0.1, -0.05) is 6.92 Å². The second-order valence-electron chi connectivity index (χ2n) is 3.23. The summed E-state index contributed by atoms with van der Waals surface area (Å²) in [6.45, 7) is 2.22. The summed E-state index contributed by atoms with van der Waals surface area (Å²) in [5.74, 6) is -0.182. The molecule has 4 N–H and O–H groups in total. The van der Waals surface area contributed by atoms with Gasteiger partial charge in [-0.15, -0.1) is 5.10 Å². The van der Waals surface area contributed by atoms with Crippen molar-refractivity contribution in [1.82, 2.24) is 20.5 Å². The standard InChI is InChI=1S/C9H15N5O3/c1-2-7-12-8(14-13-7)9(16)11-3-4-17-5-6(10)15/h2-5H2,1H3,(H2,10,15)(H,11,16)(H,12,13,14). The average Bonchev–Trinajstić information content (AvgIpc) is 2.76. The zero-order valence-corrected chi connectivity index (χ0v) is 9.52. The van der Waals surface area contributed by atoms with Crippen LogP contribution in [0.2, 0.25) is 0 Å². The molecule has 0 fully saturated rings. The van der Waals surface area contributed by atoms with E-state index in [1.807, 2.05) is 6.92 Å². The fraction of sp³-hybridized carbons (Fsp3) is 0.556. The normalized spacial score (nSPS) is 10.2. The van der Waals surface area contributed by atoms with Crippen LogP contribution in [-0.2, 0) is 16.0 Å². The number of nitrogens with two attached hydrogens (primary N) is 1.